The molecule has 0 atom stereocenters. The summed E-state index contributed by atoms with van der Waals surface area (Å²) < 4.78 is 5.62. The first-order chi connectivity index (χ1) is 14.4. The van der Waals surface area contributed by atoms with Crippen molar-refractivity contribution in [3.8, 4) is 5.75 Å². The Morgan fingerprint density at radius 1 is 1.07 bits per heavy atom. The van der Waals surface area contributed by atoms with Crippen LogP contribution in [-0.2, 0) is 13.0 Å². The SMILES string of the molecule is CCc1nnc(C(=O)Nc2cccc(C(=O)NCc3ccc(OC(C)C)cc3)c2)s1. The Hall–Kier alpha value is -3.26. The second-order valence-electron chi connectivity index (χ2n) is 6.88. The number of nitrogens with one attached hydrogen (secondary N) is 2. The molecule has 0 aliphatic heterocycles. The lowest BCUT2D eigenvalue weighted by molar-refractivity contribution is 0.0949. The lowest BCUT2D eigenvalue weighted by Crippen LogP contribution is -2.23. The lowest BCUT2D eigenvalue weighted by Gasteiger charge is -2.11. The van der Waals surface area contributed by atoms with Gasteiger partial charge in [0.25, 0.3) is 11.8 Å². The van der Waals surface area contributed by atoms with E-state index in [4.69, 9.17) is 4.74 Å². The summed E-state index contributed by atoms with van der Waals surface area (Å²) in [6.45, 7) is 6.29. The number of carbonyl (C=O) groups excluding carboxylic acids is 2. The van der Waals surface area contributed by atoms with Crippen LogP contribution in [-0.4, -0.2) is 28.1 Å². The molecule has 1 aromatic heterocycles. The third-order valence-electron chi connectivity index (χ3n) is 4.09. The molecule has 0 fully saturated rings. The average molecular weight is 425 g/mol. The van der Waals surface area contributed by atoms with Gasteiger partial charge in [0.1, 0.15) is 10.8 Å². The number of carbonyl (C=O) groups is 2. The number of hydrogen-bond acceptors (Lipinski definition) is 6. The summed E-state index contributed by atoms with van der Waals surface area (Å²) in [4.78, 5) is 24.8. The van der Waals surface area contributed by atoms with Crippen LogP contribution < -0.4 is 15.4 Å². The van der Waals surface area contributed by atoms with E-state index in [-0.39, 0.29) is 17.9 Å². The van der Waals surface area contributed by atoms with Crippen molar-refractivity contribution in [2.75, 3.05) is 5.32 Å². The zero-order valence-electron chi connectivity index (χ0n) is 17.1. The molecule has 1 heterocycles. The molecule has 3 rings (SSSR count). The van der Waals surface area contributed by atoms with Gasteiger partial charge in [0.2, 0.25) is 5.01 Å². The average Bonchev–Trinajstić information content (AvgIpc) is 3.22. The smallest absolute Gasteiger partial charge is 0.286 e. The maximum Gasteiger partial charge on any atom is 0.286 e. The van der Waals surface area contributed by atoms with E-state index in [2.05, 4.69) is 20.8 Å². The van der Waals surface area contributed by atoms with Gasteiger partial charge in [0.15, 0.2) is 0 Å². The van der Waals surface area contributed by atoms with Gasteiger partial charge in [-0.25, -0.2) is 0 Å². The Morgan fingerprint density at radius 2 is 1.83 bits per heavy atom. The lowest BCUT2D eigenvalue weighted by atomic mass is 10.1. The molecule has 0 spiro atoms. The number of benzene rings is 2. The standard InChI is InChI=1S/C22H24N4O3S/c1-4-19-25-26-22(30-19)21(28)24-17-7-5-6-16(12-17)20(27)23-13-15-8-10-18(11-9-15)29-14(2)3/h5-12,14H,4,13H2,1-3H3,(H,23,27)(H,24,28). The Morgan fingerprint density at radius 3 is 2.50 bits per heavy atom. The number of aromatic nitrogens is 2. The van der Waals surface area contributed by atoms with Crippen molar-refractivity contribution in [3.05, 3.63) is 69.7 Å². The highest BCUT2D eigenvalue weighted by Gasteiger charge is 2.13. The largest absolute Gasteiger partial charge is 0.491 e. The van der Waals surface area contributed by atoms with Crippen LogP contribution in [0.5, 0.6) is 5.75 Å². The van der Waals surface area contributed by atoms with Gasteiger partial charge in [-0.2, -0.15) is 0 Å². The first-order valence-corrected chi connectivity index (χ1v) is 10.5. The minimum absolute atomic E-state index is 0.115. The zero-order chi connectivity index (χ0) is 21.5. The molecule has 156 valence electrons. The predicted octanol–water partition coefficient (Wildman–Crippen LogP) is 4.07. The number of hydrogen-bond donors (Lipinski definition) is 2. The second kappa shape index (κ2) is 9.98. The summed E-state index contributed by atoms with van der Waals surface area (Å²) in [5, 5.41) is 14.6. The Bertz CT molecular complexity index is 1020. The van der Waals surface area contributed by atoms with Crippen molar-refractivity contribution in [3.63, 3.8) is 0 Å². The summed E-state index contributed by atoms with van der Waals surface area (Å²) in [5.41, 5.74) is 1.95. The van der Waals surface area contributed by atoms with Gasteiger partial charge in [0, 0.05) is 17.8 Å². The van der Waals surface area contributed by atoms with Crippen LogP contribution in [0, 0.1) is 0 Å². The molecule has 8 heteroatoms. The highest BCUT2D eigenvalue weighted by atomic mass is 32.1. The van der Waals surface area contributed by atoms with Crippen molar-refractivity contribution in [2.24, 2.45) is 0 Å². The van der Waals surface area contributed by atoms with E-state index in [1.54, 1.807) is 24.3 Å². The number of ether oxygens (including phenoxy) is 1. The molecule has 2 amide bonds. The van der Waals surface area contributed by atoms with Gasteiger partial charge < -0.3 is 15.4 Å². The summed E-state index contributed by atoms with van der Waals surface area (Å²) in [7, 11) is 0. The molecule has 2 aromatic carbocycles. The maximum absolute atomic E-state index is 12.5. The molecule has 0 bridgehead atoms. The maximum atomic E-state index is 12.5. The highest BCUT2D eigenvalue weighted by molar-refractivity contribution is 7.13. The molecule has 0 saturated heterocycles. The first kappa shape index (κ1) is 21.4. The van der Waals surface area contributed by atoms with E-state index in [0.717, 1.165) is 22.7 Å². The van der Waals surface area contributed by atoms with Crippen molar-refractivity contribution < 1.29 is 14.3 Å². The third-order valence-corrected chi connectivity index (χ3v) is 5.16. The molecule has 3 aromatic rings. The van der Waals surface area contributed by atoms with Gasteiger partial charge in [-0.1, -0.05) is 36.5 Å². The quantitative estimate of drug-likeness (QED) is 0.569. The topological polar surface area (TPSA) is 93.2 Å². The molecule has 0 unspecified atom stereocenters. The monoisotopic (exact) mass is 424 g/mol. The highest BCUT2D eigenvalue weighted by Crippen LogP contribution is 2.16. The normalized spacial score (nSPS) is 10.7. The zero-order valence-corrected chi connectivity index (χ0v) is 18.0. The van der Waals surface area contributed by atoms with Crippen molar-refractivity contribution in [1.29, 1.82) is 0 Å². The van der Waals surface area contributed by atoms with E-state index in [9.17, 15) is 9.59 Å². The molecule has 30 heavy (non-hydrogen) atoms. The predicted molar refractivity (Wildman–Crippen MR) is 117 cm³/mol. The fraction of sp³-hybridized carbons (Fsp3) is 0.273. The molecule has 0 radical (unpaired) electrons. The number of aryl methyl sites for hydroxylation is 1. The van der Waals surface area contributed by atoms with Crippen LogP contribution in [0.4, 0.5) is 5.69 Å². The summed E-state index contributed by atoms with van der Waals surface area (Å²) in [6, 6.07) is 14.4. The fourth-order valence-electron chi connectivity index (χ4n) is 2.65. The van der Waals surface area contributed by atoms with Gasteiger partial charge >= 0.3 is 0 Å². The Balaban J connectivity index is 1.58. The molecule has 0 saturated carbocycles. The van der Waals surface area contributed by atoms with Crippen LogP contribution in [0.1, 0.15) is 51.5 Å². The van der Waals surface area contributed by atoms with Crippen LogP contribution in [0.3, 0.4) is 0 Å². The summed E-state index contributed by atoms with van der Waals surface area (Å²) in [6.07, 6.45) is 0.845. The van der Waals surface area contributed by atoms with Crippen molar-refractivity contribution in [2.45, 2.75) is 39.8 Å². The number of anilines is 1. The molecule has 7 nitrogen and oxygen atoms in total. The van der Waals surface area contributed by atoms with Crippen molar-refractivity contribution >= 4 is 28.8 Å². The van der Waals surface area contributed by atoms with E-state index >= 15 is 0 Å². The van der Waals surface area contributed by atoms with E-state index < -0.39 is 0 Å². The van der Waals surface area contributed by atoms with Crippen LogP contribution in [0.15, 0.2) is 48.5 Å². The molecular weight excluding hydrogens is 400 g/mol. The number of rotatable bonds is 8. The third kappa shape index (κ3) is 5.87. The number of amides is 2. The van der Waals surface area contributed by atoms with Gasteiger partial charge in [-0.15, -0.1) is 10.2 Å². The first-order valence-electron chi connectivity index (χ1n) is 9.72. The van der Waals surface area contributed by atoms with Crippen LogP contribution >= 0.6 is 11.3 Å². The Kier molecular flexibility index (Phi) is 7.13. The summed E-state index contributed by atoms with van der Waals surface area (Å²) >= 11 is 1.26. The number of nitrogens with zero attached hydrogens (tertiary/aromatic N) is 2. The van der Waals surface area contributed by atoms with E-state index in [1.165, 1.54) is 11.3 Å². The Labute approximate surface area is 179 Å². The van der Waals surface area contributed by atoms with Gasteiger partial charge in [0.05, 0.1) is 6.10 Å². The minimum atomic E-state index is -0.339. The second-order valence-corrected chi connectivity index (χ2v) is 7.94. The van der Waals surface area contributed by atoms with Crippen LogP contribution in [0.25, 0.3) is 0 Å². The molecule has 2 N–H and O–H groups in total. The molecular formula is C22H24N4O3S. The fourth-order valence-corrected chi connectivity index (χ4v) is 3.33. The van der Waals surface area contributed by atoms with E-state index in [1.807, 2.05) is 45.0 Å². The molecule has 0 aliphatic rings. The van der Waals surface area contributed by atoms with Crippen LogP contribution in [0.2, 0.25) is 0 Å². The van der Waals surface area contributed by atoms with Gasteiger partial charge in [-0.05, 0) is 56.2 Å². The molecule has 0 aliphatic carbocycles. The summed E-state index contributed by atoms with van der Waals surface area (Å²) in [5.74, 6) is 0.233. The van der Waals surface area contributed by atoms with Gasteiger partial charge in [-0.3, -0.25) is 9.59 Å². The van der Waals surface area contributed by atoms with E-state index in [0.29, 0.717) is 22.8 Å². The van der Waals surface area contributed by atoms with Crippen molar-refractivity contribution in [1.82, 2.24) is 15.5 Å². The minimum Gasteiger partial charge on any atom is -0.491 e.